The largest absolute Gasteiger partial charge is 0.481 e. The van der Waals surface area contributed by atoms with Gasteiger partial charge in [0, 0.05) is 12.1 Å². The number of hydrogen-bond acceptors (Lipinski definition) is 3. The molecule has 0 heterocycles. The number of carbonyl (C=O) groups excluding carboxylic acids is 1. The van der Waals surface area contributed by atoms with Gasteiger partial charge in [-0.1, -0.05) is 26.0 Å². The zero-order valence-electron chi connectivity index (χ0n) is 13.8. The number of rotatable bonds is 5. The van der Waals surface area contributed by atoms with Crippen LogP contribution >= 0.6 is 0 Å². The van der Waals surface area contributed by atoms with E-state index in [1.165, 1.54) is 5.56 Å². The molecule has 0 spiro atoms. The molecule has 1 atom stereocenters. The molecule has 1 aliphatic rings. The molecule has 22 heavy (non-hydrogen) atoms. The molecule has 0 radical (unpaired) electrons. The molecule has 3 N–H and O–H groups in total. The van der Waals surface area contributed by atoms with Crippen LogP contribution in [0.1, 0.15) is 57.9 Å². The Morgan fingerprint density at radius 1 is 1.23 bits per heavy atom. The molecule has 0 bridgehead atoms. The van der Waals surface area contributed by atoms with Gasteiger partial charge in [0.1, 0.15) is 5.75 Å². The van der Waals surface area contributed by atoms with E-state index in [4.69, 9.17) is 10.5 Å². The summed E-state index contributed by atoms with van der Waals surface area (Å²) < 4.78 is 5.79. The van der Waals surface area contributed by atoms with Gasteiger partial charge < -0.3 is 15.8 Å². The maximum atomic E-state index is 12.2. The van der Waals surface area contributed by atoms with Crippen LogP contribution in [-0.2, 0) is 4.79 Å². The van der Waals surface area contributed by atoms with Gasteiger partial charge in [0.15, 0.2) is 6.10 Å². The first-order valence-corrected chi connectivity index (χ1v) is 8.28. The molecule has 4 heteroatoms. The van der Waals surface area contributed by atoms with E-state index in [0.29, 0.717) is 12.0 Å². The maximum Gasteiger partial charge on any atom is 0.260 e. The quantitative estimate of drug-likeness (QED) is 0.879. The van der Waals surface area contributed by atoms with Crippen LogP contribution in [0.25, 0.3) is 0 Å². The van der Waals surface area contributed by atoms with Gasteiger partial charge >= 0.3 is 0 Å². The van der Waals surface area contributed by atoms with Gasteiger partial charge in [-0.15, -0.1) is 0 Å². The Morgan fingerprint density at radius 3 is 2.55 bits per heavy atom. The third kappa shape index (κ3) is 4.73. The third-order valence-corrected chi connectivity index (χ3v) is 4.33. The van der Waals surface area contributed by atoms with Gasteiger partial charge in [-0.3, -0.25) is 4.79 Å². The Hall–Kier alpha value is -1.55. The highest BCUT2D eigenvalue weighted by molar-refractivity contribution is 5.81. The second-order valence-electron chi connectivity index (χ2n) is 6.61. The summed E-state index contributed by atoms with van der Waals surface area (Å²) in [6.07, 6.45) is 3.40. The fourth-order valence-electron chi connectivity index (χ4n) is 2.79. The molecular formula is C18H28N2O2. The molecular weight excluding hydrogens is 276 g/mol. The van der Waals surface area contributed by atoms with E-state index in [1.807, 2.05) is 18.2 Å². The van der Waals surface area contributed by atoms with Crippen molar-refractivity contribution in [3.8, 4) is 5.75 Å². The minimum absolute atomic E-state index is 0.0459. The van der Waals surface area contributed by atoms with Gasteiger partial charge in [0.25, 0.3) is 5.91 Å². The second-order valence-corrected chi connectivity index (χ2v) is 6.61. The first-order chi connectivity index (χ1) is 10.5. The number of nitrogens with one attached hydrogen (secondary N) is 1. The smallest absolute Gasteiger partial charge is 0.260 e. The van der Waals surface area contributed by atoms with E-state index in [0.717, 1.165) is 31.4 Å². The van der Waals surface area contributed by atoms with Crippen LogP contribution in [0.4, 0.5) is 0 Å². The summed E-state index contributed by atoms with van der Waals surface area (Å²) in [6, 6.07) is 8.48. The predicted octanol–water partition coefficient (Wildman–Crippen LogP) is 2.96. The lowest BCUT2D eigenvalue weighted by molar-refractivity contribution is -0.128. The first kappa shape index (κ1) is 16.8. The van der Waals surface area contributed by atoms with E-state index >= 15 is 0 Å². The molecule has 1 aromatic rings. The SMILES string of the molecule is CC(Oc1cccc(C(C)C)c1)C(=O)NC1CCC(N)CC1. The average molecular weight is 304 g/mol. The van der Waals surface area contributed by atoms with Crippen molar-refractivity contribution < 1.29 is 9.53 Å². The minimum atomic E-state index is -0.488. The first-order valence-electron chi connectivity index (χ1n) is 8.28. The van der Waals surface area contributed by atoms with Crippen LogP contribution in [-0.4, -0.2) is 24.1 Å². The van der Waals surface area contributed by atoms with Gasteiger partial charge in [-0.25, -0.2) is 0 Å². The summed E-state index contributed by atoms with van der Waals surface area (Å²) >= 11 is 0. The van der Waals surface area contributed by atoms with Crippen molar-refractivity contribution >= 4 is 5.91 Å². The normalized spacial score (nSPS) is 23.1. The zero-order valence-corrected chi connectivity index (χ0v) is 13.8. The highest BCUT2D eigenvalue weighted by Crippen LogP contribution is 2.21. The number of benzene rings is 1. The van der Waals surface area contributed by atoms with Gasteiger partial charge in [-0.2, -0.15) is 0 Å². The Balaban J connectivity index is 1.87. The molecule has 0 saturated heterocycles. The fourth-order valence-corrected chi connectivity index (χ4v) is 2.79. The van der Waals surface area contributed by atoms with Crippen LogP contribution in [0.5, 0.6) is 5.75 Å². The molecule has 0 aromatic heterocycles. The van der Waals surface area contributed by atoms with Crippen LogP contribution in [0, 0.1) is 0 Å². The summed E-state index contributed by atoms with van der Waals surface area (Å²) in [5.41, 5.74) is 7.11. The summed E-state index contributed by atoms with van der Waals surface area (Å²) in [6.45, 7) is 6.08. The molecule has 122 valence electrons. The number of hydrogen-bond donors (Lipinski definition) is 2. The van der Waals surface area contributed by atoms with E-state index in [1.54, 1.807) is 6.92 Å². The van der Waals surface area contributed by atoms with Gasteiger partial charge in [0.05, 0.1) is 0 Å². The van der Waals surface area contributed by atoms with Crippen LogP contribution in [0.3, 0.4) is 0 Å². The molecule has 0 aliphatic heterocycles. The van der Waals surface area contributed by atoms with Crippen LogP contribution in [0.2, 0.25) is 0 Å². The minimum Gasteiger partial charge on any atom is -0.481 e. The molecule has 4 nitrogen and oxygen atoms in total. The monoisotopic (exact) mass is 304 g/mol. The van der Waals surface area contributed by atoms with Gasteiger partial charge in [0.2, 0.25) is 0 Å². The molecule has 1 unspecified atom stereocenters. The van der Waals surface area contributed by atoms with Crippen LogP contribution < -0.4 is 15.8 Å². The van der Waals surface area contributed by atoms with Crippen LogP contribution in [0.15, 0.2) is 24.3 Å². The highest BCUT2D eigenvalue weighted by atomic mass is 16.5. The molecule has 1 saturated carbocycles. The van der Waals surface area contributed by atoms with Crippen molar-refractivity contribution in [3.05, 3.63) is 29.8 Å². The number of amides is 1. The molecule has 1 aromatic carbocycles. The van der Waals surface area contributed by atoms with E-state index in [2.05, 4.69) is 25.2 Å². The van der Waals surface area contributed by atoms with Crippen molar-refractivity contribution in [3.63, 3.8) is 0 Å². The average Bonchev–Trinajstić information content (AvgIpc) is 2.49. The van der Waals surface area contributed by atoms with E-state index < -0.39 is 6.10 Å². The summed E-state index contributed by atoms with van der Waals surface area (Å²) in [7, 11) is 0. The van der Waals surface area contributed by atoms with E-state index in [-0.39, 0.29) is 11.9 Å². The lowest BCUT2D eigenvalue weighted by atomic mass is 9.92. The summed E-state index contributed by atoms with van der Waals surface area (Å²) in [5.74, 6) is 1.15. The van der Waals surface area contributed by atoms with Crippen molar-refractivity contribution in [2.45, 2.75) is 70.6 Å². The van der Waals surface area contributed by atoms with Gasteiger partial charge in [-0.05, 0) is 56.2 Å². The standard InChI is InChI=1S/C18H28N2O2/c1-12(2)14-5-4-6-17(11-14)22-13(3)18(21)20-16-9-7-15(19)8-10-16/h4-6,11-13,15-16H,7-10,19H2,1-3H3,(H,20,21). The molecule has 2 rings (SSSR count). The Morgan fingerprint density at radius 2 is 1.91 bits per heavy atom. The number of ether oxygens (including phenoxy) is 1. The Labute approximate surface area is 133 Å². The fraction of sp³-hybridized carbons (Fsp3) is 0.611. The molecule has 1 aliphatic carbocycles. The maximum absolute atomic E-state index is 12.2. The van der Waals surface area contributed by atoms with Crippen molar-refractivity contribution in [1.29, 1.82) is 0 Å². The van der Waals surface area contributed by atoms with Crippen molar-refractivity contribution in [2.75, 3.05) is 0 Å². The lowest BCUT2D eigenvalue weighted by Gasteiger charge is -2.28. The van der Waals surface area contributed by atoms with E-state index in [9.17, 15) is 4.79 Å². The Bertz CT molecular complexity index is 494. The topological polar surface area (TPSA) is 64.3 Å². The summed E-state index contributed by atoms with van der Waals surface area (Å²) in [5, 5.41) is 3.08. The zero-order chi connectivity index (χ0) is 16.1. The highest BCUT2D eigenvalue weighted by Gasteiger charge is 2.23. The Kier molecular flexibility index (Phi) is 5.83. The predicted molar refractivity (Wildman–Crippen MR) is 89.0 cm³/mol. The molecule has 1 amide bonds. The van der Waals surface area contributed by atoms with Crippen molar-refractivity contribution in [1.82, 2.24) is 5.32 Å². The second kappa shape index (κ2) is 7.63. The third-order valence-electron chi connectivity index (χ3n) is 4.33. The molecule has 1 fully saturated rings. The number of carbonyl (C=O) groups is 1. The van der Waals surface area contributed by atoms with Crippen molar-refractivity contribution in [2.24, 2.45) is 5.73 Å². The summed E-state index contributed by atoms with van der Waals surface area (Å²) in [4.78, 5) is 12.2. The number of nitrogens with two attached hydrogens (primary N) is 1. The lowest BCUT2D eigenvalue weighted by Crippen LogP contribution is -2.45.